The SMILES string of the molecule is Cc1ccc(C(O)c2cccnc2)c(F)c1. The van der Waals surface area contributed by atoms with Crippen LogP contribution in [0.3, 0.4) is 0 Å². The molecule has 0 spiro atoms. The fourth-order valence-electron chi connectivity index (χ4n) is 1.57. The molecule has 0 radical (unpaired) electrons. The van der Waals surface area contributed by atoms with Crippen LogP contribution in [0, 0.1) is 12.7 Å². The second kappa shape index (κ2) is 4.41. The highest BCUT2D eigenvalue weighted by molar-refractivity contribution is 5.31. The predicted octanol–water partition coefficient (Wildman–Crippen LogP) is 2.61. The zero-order chi connectivity index (χ0) is 11.5. The van der Waals surface area contributed by atoms with E-state index in [1.54, 1.807) is 30.5 Å². The van der Waals surface area contributed by atoms with Crippen molar-refractivity contribution in [1.29, 1.82) is 0 Å². The number of hydrogen-bond acceptors (Lipinski definition) is 2. The molecule has 0 saturated carbocycles. The number of aliphatic hydroxyl groups excluding tert-OH is 1. The van der Waals surface area contributed by atoms with Gasteiger partial charge >= 0.3 is 0 Å². The van der Waals surface area contributed by atoms with E-state index in [4.69, 9.17) is 0 Å². The summed E-state index contributed by atoms with van der Waals surface area (Å²) in [5.74, 6) is -0.392. The average molecular weight is 217 g/mol. The van der Waals surface area contributed by atoms with Crippen LogP contribution in [0.1, 0.15) is 22.8 Å². The Morgan fingerprint density at radius 1 is 1.31 bits per heavy atom. The lowest BCUT2D eigenvalue weighted by Crippen LogP contribution is -2.03. The maximum absolute atomic E-state index is 13.6. The molecule has 82 valence electrons. The molecule has 0 aliphatic heterocycles. The van der Waals surface area contributed by atoms with Crippen LogP contribution >= 0.6 is 0 Å². The Hall–Kier alpha value is -1.74. The second-order valence-corrected chi connectivity index (χ2v) is 3.71. The molecule has 1 N–H and O–H groups in total. The fourth-order valence-corrected chi connectivity index (χ4v) is 1.57. The number of aliphatic hydroxyl groups is 1. The third-order valence-electron chi connectivity index (χ3n) is 2.45. The molecular formula is C13H12FNO. The van der Waals surface area contributed by atoms with Crippen molar-refractivity contribution in [3.05, 3.63) is 65.2 Å². The van der Waals surface area contributed by atoms with Crippen molar-refractivity contribution in [2.24, 2.45) is 0 Å². The van der Waals surface area contributed by atoms with E-state index in [-0.39, 0.29) is 5.56 Å². The van der Waals surface area contributed by atoms with Gasteiger partial charge in [0.05, 0.1) is 0 Å². The monoisotopic (exact) mass is 217 g/mol. The van der Waals surface area contributed by atoms with Gasteiger partial charge in [0.2, 0.25) is 0 Å². The summed E-state index contributed by atoms with van der Waals surface area (Å²) in [5, 5.41) is 9.98. The third-order valence-corrected chi connectivity index (χ3v) is 2.45. The molecule has 2 nitrogen and oxygen atoms in total. The molecule has 2 aromatic rings. The first-order valence-corrected chi connectivity index (χ1v) is 5.02. The van der Waals surface area contributed by atoms with E-state index >= 15 is 0 Å². The van der Waals surface area contributed by atoms with Gasteiger partial charge in [-0.25, -0.2) is 4.39 Å². The van der Waals surface area contributed by atoms with Crippen LogP contribution in [0.2, 0.25) is 0 Å². The molecule has 1 aromatic carbocycles. The van der Waals surface area contributed by atoms with Crippen molar-refractivity contribution >= 4 is 0 Å². The summed E-state index contributed by atoms with van der Waals surface area (Å²) >= 11 is 0. The maximum Gasteiger partial charge on any atom is 0.129 e. The second-order valence-electron chi connectivity index (χ2n) is 3.71. The Morgan fingerprint density at radius 2 is 2.12 bits per heavy atom. The smallest absolute Gasteiger partial charge is 0.129 e. The van der Waals surface area contributed by atoms with Gasteiger partial charge in [0, 0.05) is 23.5 Å². The molecule has 0 amide bonds. The zero-order valence-electron chi connectivity index (χ0n) is 8.89. The number of pyridine rings is 1. The van der Waals surface area contributed by atoms with Crippen LogP contribution < -0.4 is 0 Å². The minimum Gasteiger partial charge on any atom is -0.383 e. The van der Waals surface area contributed by atoms with Crippen LogP contribution in [0.4, 0.5) is 4.39 Å². The van der Waals surface area contributed by atoms with Crippen molar-refractivity contribution in [1.82, 2.24) is 4.98 Å². The lowest BCUT2D eigenvalue weighted by molar-refractivity contribution is 0.214. The minimum atomic E-state index is -0.964. The van der Waals surface area contributed by atoms with Crippen molar-refractivity contribution in [2.75, 3.05) is 0 Å². The Labute approximate surface area is 93.4 Å². The normalized spacial score (nSPS) is 12.4. The van der Waals surface area contributed by atoms with Gasteiger partial charge in [-0.15, -0.1) is 0 Å². The summed E-state index contributed by atoms with van der Waals surface area (Å²) in [6, 6.07) is 8.22. The van der Waals surface area contributed by atoms with Crippen LogP contribution in [0.15, 0.2) is 42.7 Å². The van der Waals surface area contributed by atoms with Crippen LogP contribution in [-0.2, 0) is 0 Å². The first-order valence-electron chi connectivity index (χ1n) is 5.02. The highest BCUT2D eigenvalue weighted by Gasteiger charge is 2.14. The summed E-state index contributed by atoms with van der Waals surface area (Å²) in [7, 11) is 0. The Balaban J connectivity index is 2.38. The van der Waals surface area contributed by atoms with Gasteiger partial charge in [0.25, 0.3) is 0 Å². The maximum atomic E-state index is 13.6. The molecule has 16 heavy (non-hydrogen) atoms. The van der Waals surface area contributed by atoms with E-state index in [9.17, 15) is 9.50 Å². The topological polar surface area (TPSA) is 33.1 Å². The van der Waals surface area contributed by atoms with Gasteiger partial charge in [0.1, 0.15) is 11.9 Å². The molecule has 0 fully saturated rings. The Kier molecular flexibility index (Phi) is 2.97. The van der Waals surface area contributed by atoms with Gasteiger partial charge in [-0.2, -0.15) is 0 Å². The molecule has 1 atom stereocenters. The molecule has 0 bridgehead atoms. The van der Waals surface area contributed by atoms with E-state index in [2.05, 4.69) is 4.98 Å². The van der Waals surface area contributed by atoms with Gasteiger partial charge in [-0.05, 0) is 24.6 Å². The van der Waals surface area contributed by atoms with Crippen molar-refractivity contribution in [3.63, 3.8) is 0 Å². The lowest BCUT2D eigenvalue weighted by Gasteiger charge is -2.12. The van der Waals surface area contributed by atoms with Gasteiger partial charge in [-0.3, -0.25) is 4.98 Å². The van der Waals surface area contributed by atoms with E-state index in [0.717, 1.165) is 5.56 Å². The van der Waals surface area contributed by atoms with Crippen molar-refractivity contribution in [3.8, 4) is 0 Å². The average Bonchev–Trinajstić information content (AvgIpc) is 2.29. The van der Waals surface area contributed by atoms with E-state index in [1.165, 1.54) is 12.3 Å². The summed E-state index contributed by atoms with van der Waals surface area (Å²) in [5.41, 5.74) is 1.70. The fraction of sp³-hybridized carbons (Fsp3) is 0.154. The van der Waals surface area contributed by atoms with E-state index in [0.29, 0.717) is 5.56 Å². The first-order chi connectivity index (χ1) is 7.68. The number of aryl methyl sites for hydroxylation is 1. The minimum absolute atomic E-state index is 0.276. The number of benzene rings is 1. The lowest BCUT2D eigenvalue weighted by atomic mass is 10.0. The number of nitrogens with zero attached hydrogens (tertiary/aromatic N) is 1. The number of hydrogen-bond donors (Lipinski definition) is 1. The largest absolute Gasteiger partial charge is 0.383 e. The van der Waals surface area contributed by atoms with Crippen LogP contribution in [0.25, 0.3) is 0 Å². The molecule has 1 aromatic heterocycles. The quantitative estimate of drug-likeness (QED) is 0.838. The van der Waals surface area contributed by atoms with Gasteiger partial charge in [-0.1, -0.05) is 18.2 Å². The molecule has 0 saturated heterocycles. The molecule has 0 aliphatic rings. The predicted molar refractivity (Wildman–Crippen MR) is 59.4 cm³/mol. The van der Waals surface area contributed by atoms with Crippen LogP contribution in [-0.4, -0.2) is 10.1 Å². The molecule has 3 heteroatoms. The van der Waals surface area contributed by atoms with Gasteiger partial charge in [0.15, 0.2) is 0 Å². The molecular weight excluding hydrogens is 205 g/mol. The van der Waals surface area contributed by atoms with Crippen LogP contribution in [0.5, 0.6) is 0 Å². The zero-order valence-corrected chi connectivity index (χ0v) is 8.89. The molecule has 2 rings (SSSR count). The van der Waals surface area contributed by atoms with Crippen molar-refractivity contribution < 1.29 is 9.50 Å². The van der Waals surface area contributed by atoms with E-state index < -0.39 is 11.9 Å². The standard InChI is InChI=1S/C13H12FNO/c1-9-4-5-11(12(14)7-9)13(16)10-3-2-6-15-8-10/h2-8,13,16H,1H3. The Morgan fingerprint density at radius 3 is 2.75 bits per heavy atom. The molecule has 1 heterocycles. The molecule has 1 unspecified atom stereocenters. The number of halogens is 1. The van der Waals surface area contributed by atoms with E-state index in [1.807, 2.05) is 6.92 Å². The summed E-state index contributed by atoms with van der Waals surface area (Å²) in [6.45, 7) is 1.81. The summed E-state index contributed by atoms with van der Waals surface area (Å²) < 4.78 is 13.6. The number of rotatable bonds is 2. The number of aromatic nitrogens is 1. The van der Waals surface area contributed by atoms with Crippen molar-refractivity contribution in [2.45, 2.75) is 13.0 Å². The third kappa shape index (κ3) is 2.09. The molecule has 0 aliphatic carbocycles. The highest BCUT2D eigenvalue weighted by atomic mass is 19.1. The summed E-state index contributed by atoms with van der Waals surface area (Å²) in [4.78, 5) is 3.90. The highest BCUT2D eigenvalue weighted by Crippen LogP contribution is 2.24. The Bertz CT molecular complexity index is 485. The summed E-state index contributed by atoms with van der Waals surface area (Å²) in [6.07, 6.45) is 2.18. The first kappa shape index (κ1) is 10.8. The van der Waals surface area contributed by atoms with Gasteiger partial charge < -0.3 is 5.11 Å².